The summed E-state index contributed by atoms with van der Waals surface area (Å²) >= 11 is 0. The largest absolute Gasteiger partial charge is 0.493 e. The molecule has 1 N–H and O–H groups in total. The van der Waals surface area contributed by atoms with Gasteiger partial charge in [0.25, 0.3) is 5.91 Å². The lowest BCUT2D eigenvalue weighted by Gasteiger charge is -2.08. The van der Waals surface area contributed by atoms with Gasteiger partial charge in [0.1, 0.15) is 0 Å². The van der Waals surface area contributed by atoms with Gasteiger partial charge in [0.05, 0.1) is 13.3 Å². The predicted octanol–water partition coefficient (Wildman–Crippen LogP) is 4.39. The molecule has 0 saturated heterocycles. The minimum atomic E-state index is -0.519. The molecule has 156 valence electrons. The summed E-state index contributed by atoms with van der Waals surface area (Å²) in [4.78, 5) is 24.3. The average Bonchev–Trinajstić information content (AvgIpc) is 2.79. The number of carbonyl (C=O) groups excluding carboxylic acids is 2. The number of ether oxygens (including phenoxy) is 2. The Hall–Kier alpha value is -4.19. The molecule has 0 aliphatic heterocycles. The van der Waals surface area contributed by atoms with E-state index < -0.39 is 5.97 Å². The molecule has 0 spiro atoms. The molecule has 0 aliphatic rings. The second-order valence-corrected chi connectivity index (χ2v) is 6.59. The predicted molar refractivity (Wildman–Crippen MR) is 120 cm³/mol. The van der Waals surface area contributed by atoms with Crippen LogP contribution in [-0.2, 0) is 4.79 Å². The van der Waals surface area contributed by atoms with Crippen molar-refractivity contribution in [3.8, 4) is 11.5 Å². The summed E-state index contributed by atoms with van der Waals surface area (Å²) in [5.41, 5.74) is 5.49. The van der Waals surface area contributed by atoms with Crippen LogP contribution in [0.1, 0.15) is 27.0 Å². The second kappa shape index (κ2) is 10.5. The Morgan fingerprint density at radius 1 is 0.903 bits per heavy atom. The van der Waals surface area contributed by atoms with Gasteiger partial charge in [-0.2, -0.15) is 5.10 Å². The average molecular weight is 414 g/mol. The van der Waals surface area contributed by atoms with E-state index in [1.807, 2.05) is 49.4 Å². The van der Waals surface area contributed by atoms with Gasteiger partial charge in [-0.15, -0.1) is 0 Å². The maximum absolute atomic E-state index is 12.2. The van der Waals surface area contributed by atoms with E-state index >= 15 is 0 Å². The van der Waals surface area contributed by atoms with Crippen LogP contribution >= 0.6 is 0 Å². The fraction of sp³-hybridized carbons (Fsp3) is 0.0800. The molecule has 6 heteroatoms. The fourth-order valence-corrected chi connectivity index (χ4v) is 2.77. The van der Waals surface area contributed by atoms with E-state index in [0.717, 1.165) is 11.1 Å². The van der Waals surface area contributed by atoms with Crippen molar-refractivity contribution in [2.75, 3.05) is 7.11 Å². The lowest BCUT2D eigenvalue weighted by Crippen LogP contribution is -2.18. The van der Waals surface area contributed by atoms with Crippen molar-refractivity contribution in [2.24, 2.45) is 5.10 Å². The summed E-state index contributed by atoms with van der Waals surface area (Å²) in [5, 5.41) is 3.99. The molecule has 0 atom stereocenters. The molecule has 0 bridgehead atoms. The van der Waals surface area contributed by atoms with Crippen LogP contribution in [0, 0.1) is 6.92 Å². The number of hydrogen-bond donors (Lipinski definition) is 1. The van der Waals surface area contributed by atoms with Crippen molar-refractivity contribution in [1.82, 2.24) is 5.43 Å². The van der Waals surface area contributed by atoms with Crippen LogP contribution in [0.15, 0.2) is 84.0 Å². The van der Waals surface area contributed by atoms with Crippen LogP contribution in [-0.4, -0.2) is 25.2 Å². The molecule has 0 aromatic heterocycles. The first-order chi connectivity index (χ1) is 15.1. The SMILES string of the molecule is COc1cc(C=NNC(=O)c2ccccc2C)ccc1OC(=O)C=Cc1ccccc1. The normalized spacial score (nSPS) is 10.9. The number of rotatable bonds is 7. The summed E-state index contributed by atoms with van der Waals surface area (Å²) in [5.74, 6) is -0.159. The second-order valence-electron chi connectivity index (χ2n) is 6.59. The number of amides is 1. The molecule has 6 nitrogen and oxygen atoms in total. The van der Waals surface area contributed by atoms with Gasteiger partial charge in [0, 0.05) is 11.6 Å². The van der Waals surface area contributed by atoms with E-state index in [1.165, 1.54) is 19.4 Å². The Morgan fingerprint density at radius 3 is 2.39 bits per heavy atom. The number of aryl methyl sites for hydroxylation is 1. The van der Waals surface area contributed by atoms with Gasteiger partial charge in [-0.25, -0.2) is 10.2 Å². The molecule has 1 amide bonds. The van der Waals surface area contributed by atoms with Crippen molar-refractivity contribution in [3.63, 3.8) is 0 Å². The van der Waals surface area contributed by atoms with Crippen molar-refractivity contribution in [3.05, 3.63) is 101 Å². The first-order valence-corrected chi connectivity index (χ1v) is 9.59. The van der Waals surface area contributed by atoms with E-state index in [1.54, 1.807) is 36.4 Å². The zero-order valence-corrected chi connectivity index (χ0v) is 17.2. The summed E-state index contributed by atoms with van der Waals surface area (Å²) in [6.07, 6.45) is 4.51. The molecule has 31 heavy (non-hydrogen) atoms. The third-order valence-corrected chi connectivity index (χ3v) is 4.38. The number of methoxy groups -OCH3 is 1. The molecule has 0 radical (unpaired) electrons. The van der Waals surface area contributed by atoms with Crippen molar-refractivity contribution in [2.45, 2.75) is 6.92 Å². The van der Waals surface area contributed by atoms with E-state index in [2.05, 4.69) is 10.5 Å². The summed E-state index contributed by atoms with van der Waals surface area (Å²) < 4.78 is 10.7. The summed E-state index contributed by atoms with van der Waals surface area (Å²) in [6, 6.07) is 21.7. The van der Waals surface area contributed by atoms with Crippen molar-refractivity contribution in [1.29, 1.82) is 0 Å². The molecule has 3 aromatic rings. The Kier molecular flexibility index (Phi) is 7.32. The first-order valence-electron chi connectivity index (χ1n) is 9.59. The molecule has 0 saturated carbocycles. The Balaban J connectivity index is 1.63. The van der Waals surface area contributed by atoms with Crippen LogP contribution in [0.2, 0.25) is 0 Å². The maximum atomic E-state index is 12.2. The highest BCUT2D eigenvalue weighted by molar-refractivity contribution is 5.96. The summed E-state index contributed by atoms with van der Waals surface area (Å²) in [7, 11) is 1.48. The Bertz CT molecular complexity index is 1120. The maximum Gasteiger partial charge on any atom is 0.336 e. The van der Waals surface area contributed by atoms with E-state index in [-0.39, 0.29) is 11.7 Å². The Labute approximate surface area is 180 Å². The molecular weight excluding hydrogens is 392 g/mol. The highest BCUT2D eigenvalue weighted by Crippen LogP contribution is 2.27. The number of hydrogen-bond acceptors (Lipinski definition) is 5. The third-order valence-electron chi connectivity index (χ3n) is 4.38. The molecule has 3 rings (SSSR count). The third kappa shape index (κ3) is 6.14. The monoisotopic (exact) mass is 414 g/mol. The smallest absolute Gasteiger partial charge is 0.336 e. The van der Waals surface area contributed by atoms with Crippen LogP contribution in [0.25, 0.3) is 6.08 Å². The fourth-order valence-electron chi connectivity index (χ4n) is 2.77. The minimum Gasteiger partial charge on any atom is -0.493 e. The lowest BCUT2D eigenvalue weighted by atomic mass is 10.1. The van der Waals surface area contributed by atoms with E-state index in [0.29, 0.717) is 16.9 Å². The molecule has 3 aromatic carbocycles. The standard InChI is InChI=1S/C25H22N2O4/c1-18-8-6-7-11-21(18)25(29)27-26-17-20-12-14-22(23(16-20)30-2)31-24(28)15-13-19-9-4-3-5-10-19/h3-17H,1-2H3,(H,27,29). The number of nitrogens with zero attached hydrogens (tertiary/aromatic N) is 1. The van der Waals surface area contributed by atoms with Gasteiger partial charge in [-0.3, -0.25) is 4.79 Å². The first kappa shape index (κ1) is 21.5. The van der Waals surface area contributed by atoms with Gasteiger partial charge in [0.2, 0.25) is 0 Å². The van der Waals surface area contributed by atoms with Gasteiger partial charge < -0.3 is 9.47 Å². The quantitative estimate of drug-likeness (QED) is 0.205. The number of carbonyl (C=O) groups is 2. The minimum absolute atomic E-state index is 0.284. The molecule has 0 unspecified atom stereocenters. The molecular formula is C25H22N2O4. The lowest BCUT2D eigenvalue weighted by molar-refractivity contribution is -0.129. The van der Waals surface area contributed by atoms with E-state index in [4.69, 9.17) is 9.47 Å². The topological polar surface area (TPSA) is 77.0 Å². The van der Waals surface area contributed by atoms with Crippen LogP contribution < -0.4 is 14.9 Å². The van der Waals surface area contributed by atoms with Gasteiger partial charge in [0.15, 0.2) is 11.5 Å². The highest BCUT2D eigenvalue weighted by Gasteiger charge is 2.09. The van der Waals surface area contributed by atoms with Gasteiger partial charge in [-0.1, -0.05) is 48.5 Å². The van der Waals surface area contributed by atoms with Crippen molar-refractivity contribution >= 4 is 24.2 Å². The van der Waals surface area contributed by atoms with Crippen molar-refractivity contribution < 1.29 is 19.1 Å². The zero-order chi connectivity index (χ0) is 22.1. The van der Waals surface area contributed by atoms with Crippen LogP contribution in [0.4, 0.5) is 0 Å². The van der Waals surface area contributed by atoms with Gasteiger partial charge >= 0.3 is 5.97 Å². The van der Waals surface area contributed by atoms with E-state index in [9.17, 15) is 9.59 Å². The van der Waals surface area contributed by atoms with Gasteiger partial charge in [-0.05, 0) is 54.0 Å². The van der Waals surface area contributed by atoms with Crippen LogP contribution in [0.5, 0.6) is 11.5 Å². The highest BCUT2D eigenvalue weighted by atomic mass is 16.6. The molecule has 0 aliphatic carbocycles. The molecule has 0 fully saturated rings. The van der Waals surface area contributed by atoms with Crippen LogP contribution in [0.3, 0.4) is 0 Å². The number of nitrogens with one attached hydrogen (secondary N) is 1. The summed E-state index contributed by atoms with van der Waals surface area (Å²) in [6.45, 7) is 1.86. The zero-order valence-electron chi connectivity index (χ0n) is 17.2. The molecule has 0 heterocycles. The number of benzene rings is 3. The number of hydrazone groups is 1. The Morgan fingerprint density at radius 2 is 1.65 bits per heavy atom. The number of esters is 1.